The van der Waals surface area contributed by atoms with Crippen LogP contribution < -0.4 is 11.3 Å². The van der Waals surface area contributed by atoms with Crippen LogP contribution >= 0.6 is 0 Å². The van der Waals surface area contributed by atoms with Gasteiger partial charge in [0.1, 0.15) is 0 Å². The van der Waals surface area contributed by atoms with Gasteiger partial charge in [0.25, 0.3) is 0 Å². The second-order valence-electron chi connectivity index (χ2n) is 5.52. The number of aromatic nitrogens is 1. The summed E-state index contributed by atoms with van der Waals surface area (Å²) in [5.74, 6) is 5.89. The van der Waals surface area contributed by atoms with Crippen molar-refractivity contribution in [2.45, 2.75) is 37.3 Å². The molecule has 1 aromatic carbocycles. The van der Waals surface area contributed by atoms with E-state index in [1.165, 1.54) is 23.8 Å². The number of fused-ring (bicyclic) bond motifs is 1. The Balaban J connectivity index is 2.12. The first-order valence-electron chi connectivity index (χ1n) is 7.15. The van der Waals surface area contributed by atoms with Crippen LogP contribution in [0, 0.1) is 0 Å². The van der Waals surface area contributed by atoms with E-state index in [2.05, 4.69) is 28.6 Å². The Labute approximate surface area is 119 Å². The SMILES string of the molecule is COC1(C(NN)c2cccc3ccncc23)CCCC1. The van der Waals surface area contributed by atoms with E-state index in [9.17, 15) is 0 Å². The Morgan fingerprint density at radius 1 is 1.30 bits per heavy atom. The van der Waals surface area contributed by atoms with Gasteiger partial charge in [0.05, 0.1) is 11.6 Å². The zero-order valence-corrected chi connectivity index (χ0v) is 11.8. The molecule has 1 heterocycles. The van der Waals surface area contributed by atoms with E-state index in [1.807, 2.05) is 18.5 Å². The fourth-order valence-corrected chi connectivity index (χ4v) is 3.50. The highest BCUT2D eigenvalue weighted by molar-refractivity contribution is 5.85. The average molecular weight is 271 g/mol. The fraction of sp³-hybridized carbons (Fsp3) is 0.438. The number of methoxy groups -OCH3 is 1. The number of nitrogens with one attached hydrogen (secondary N) is 1. The molecular weight excluding hydrogens is 250 g/mol. The number of hydrogen-bond acceptors (Lipinski definition) is 4. The monoisotopic (exact) mass is 271 g/mol. The molecule has 20 heavy (non-hydrogen) atoms. The van der Waals surface area contributed by atoms with Gasteiger partial charge in [-0.3, -0.25) is 16.3 Å². The van der Waals surface area contributed by atoms with Crippen LogP contribution in [0.3, 0.4) is 0 Å². The number of nitrogens with two attached hydrogens (primary N) is 1. The predicted octanol–water partition coefficient (Wildman–Crippen LogP) is 2.70. The van der Waals surface area contributed by atoms with Gasteiger partial charge >= 0.3 is 0 Å². The lowest BCUT2D eigenvalue weighted by Gasteiger charge is -2.36. The molecule has 0 aliphatic heterocycles. The Morgan fingerprint density at radius 3 is 2.80 bits per heavy atom. The number of benzene rings is 1. The number of nitrogens with zero attached hydrogens (tertiary/aromatic N) is 1. The number of hydrogen-bond donors (Lipinski definition) is 2. The number of ether oxygens (including phenoxy) is 1. The predicted molar refractivity (Wildman–Crippen MR) is 80.0 cm³/mol. The first-order valence-corrected chi connectivity index (χ1v) is 7.15. The molecule has 0 saturated heterocycles. The average Bonchev–Trinajstić information content (AvgIpc) is 2.98. The molecule has 1 atom stereocenters. The van der Waals surface area contributed by atoms with Crippen LogP contribution in [-0.2, 0) is 4.74 Å². The van der Waals surface area contributed by atoms with Crippen LogP contribution in [0.15, 0.2) is 36.7 Å². The topological polar surface area (TPSA) is 60.2 Å². The third-order valence-electron chi connectivity index (χ3n) is 4.58. The molecule has 4 heteroatoms. The van der Waals surface area contributed by atoms with Gasteiger partial charge in [0, 0.05) is 24.9 Å². The van der Waals surface area contributed by atoms with Crippen LogP contribution in [0.25, 0.3) is 10.8 Å². The number of hydrazine groups is 1. The van der Waals surface area contributed by atoms with Crippen molar-refractivity contribution in [1.29, 1.82) is 0 Å². The largest absolute Gasteiger partial charge is 0.376 e. The van der Waals surface area contributed by atoms with Crippen molar-refractivity contribution in [2.75, 3.05) is 7.11 Å². The third-order valence-corrected chi connectivity index (χ3v) is 4.58. The van der Waals surface area contributed by atoms with E-state index in [0.29, 0.717) is 0 Å². The van der Waals surface area contributed by atoms with E-state index >= 15 is 0 Å². The van der Waals surface area contributed by atoms with E-state index in [0.717, 1.165) is 18.2 Å². The molecule has 3 N–H and O–H groups in total. The maximum absolute atomic E-state index is 5.89. The van der Waals surface area contributed by atoms with Crippen molar-refractivity contribution in [1.82, 2.24) is 10.4 Å². The minimum absolute atomic E-state index is 0.0112. The quantitative estimate of drug-likeness (QED) is 0.663. The van der Waals surface area contributed by atoms with Gasteiger partial charge in [-0.2, -0.15) is 0 Å². The zero-order valence-electron chi connectivity index (χ0n) is 11.8. The zero-order chi connectivity index (χ0) is 14.0. The summed E-state index contributed by atoms with van der Waals surface area (Å²) < 4.78 is 5.89. The van der Waals surface area contributed by atoms with Gasteiger partial charge in [0.15, 0.2) is 0 Å². The highest BCUT2D eigenvalue weighted by Gasteiger charge is 2.42. The summed E-state index contributed by atoms with van der Waals surface area (Å²) in [6, 6.07) is 8.30. The Bertz CT molecular complexity index is 588. The summed E-state index contributed by atoms with van der Waals surface area (Å²) in [4.78, 5) is 4.26. The lowest BCUT2D eigenvalue weighted by molar-refractivity contribution is -0.0365. The lowest BCUT2D eigenvalue weighted by Crippen LogP contribution is -2.46. The molecular formula is C16H21N3O. The van der Waals surface area contributed by atoms with Gasteiger partial charge in [-0.1, -0.05) is 31.0 Å². The Morgan fingerprint density at radius 2 is 2.10 bits per heavy atom. The van der Waals surface area contributed by atoms with Crippen LogP contribution in [0.4, 0.5) is 0 Å². The van der Waals surface area contributed by atoms with Crippen molar-refractivity contribution in [3.8, 4) is 0 Å². The first-order chi connectivity index (χ1) is 9.80. The third kappa shape index (κ3) is 2.10. The van der Waals surface area contributed by atoms with Crippen molar-refractivity contribution in [2.24, 2.45) is 5.84 Å². The fourth-order valence-electron chi connectivity index (χ4n) is 3.50. The molecule has 0 bridgehead atoms. The molecule has 1 fully saturated rings. The smallest absolute Gasteiger partial charge is 0.0885 e. The minimum atomic E-state index is -0.209. The Kier molecular flexibility index (Phi) is 3.70. The van der Waals surface area contributed by atoms with Gasteiger partial charge in [0.2, 0.25) is 0 Å². The summed E-state index contributed by atoms with van der Waals surface area (Å²) in [5.41, 5.74) is 3.95. The van der Waals surface area contributed by atoms with Gasteiger partial charge < -0.3 is 4.74 Å². The molecule has 1 saturated carbocycles. The van der Waals surface area contributed by atoms with E-state index in [4.69, 9.17) is 10.6 Å². The van der Waals surface area contributed by atoms with Gasteiger partial charge in [-0.15, -0.1) is 0 Å². The van der Waals surface area contributed by atoms with Crippen LogP contribution in [0.1, 0.15) is 37.3 Å². The van der Waals surface area contributed by atoms with E-state index < -0.39 is 0 Å². The van der Waals surface area contributed by atoms with Crippen molar-refractivity contribution < 1.29 is 4.74 Å². The number of pyridine rings is 1. The highest BCUT2D eigenvalue weighted by atomic mass is 16.5. The molecule has 106 valence electrons. The molecule has 4 nitrogen and oxygen atoms in total. The molecule has 1 aliphatic carbocycles. The normalized spacial score (nSPS) is 19.3. The maximum Gasteiger partial charge on any atom is 0.0885 e. The summed E-state index contributed by atoms with van der Waals surface area (Å²) in [6.07, 6.45) is 8.18. The molecule has 1 aliphatic rings. The van der Waals surface area contributed by atoms with Crippen molar-refractivity contribution >= 4 is 10.8 Å². The summed E-state index contributed by atoms with van der Waals surface area (Å²) in [7, 11) is 1.79. The minimum Gasteiger partial charge on any atom is -0.376 e. The van der Waals surface area contributed by atoms with Crippen LogP contribution in [0.5, 0.6) is 0 Å². The van der Waals surface area contributed by atoms with Crippen LogP contribution in [0.2, 0.25) is 0 Å². The van der Waals surface area contributed by atoms with E-state index in [1.54, 1.807) is 7.11 Å². The van der Waals surface area contributed by atoms with Gasteiger partial charge in [-0.25, -0.2) is 0 Å². The molecule has 2 aromatic rings. The first kappa shape index (κ1) is 13.5. The molecule has 1 unspecified atom stereocenters. The summed E-state index contributed by atoms with van der Waals surface area (Å²) in [5, 5.41) is 2.32. The highest BCUT2D eigenvalue weighted by Crippen LogP contribution is 2.43. The van der Waals surface area contributed by atoms with Crippen molar-refractivity contribution in [3.05, 3.63) is 42.2 Å². The standard InChI is InChI=1S/C16H21N3O/c1-20-16(8-2-3-9-16)15(19-17)13-6-4-5-12-7-10-18-11-14(12)13/h4-7,10-11,15,19H,2-3,8-9,17H2,1H3. The van der Waals surface area contributed by atoms with Crippen LogP contribution in [-0.4, -0.2) is 17.7 Å². The number of rotatable bonds is 4. The second-order valence-corrected chi connectivity index (χ2v) is 5.52. The Hall–Kier alpha value is -1.49. The van der Waals surface area contributed by atoms with E-state index in [-0.39, 0.29) is 11.6 Å². The summed E-state index contributed by atoms with van der Waals surface area (Å²) >= 11 is 0. The molecule has 0 spiro atoms. The maximum atomic E-state index is 5.89. The molecule has 3 rings (SSSR count). The molecule has 1 aromatic heterocycles. The molecule has 0 radical (unpaired) electrons. The molecule has 0 amide bonds. The van der Waals surface area contributed by atoms with Crippen molar-refractivity contribution in [3.63, 3.8) is 0 Å². The second kappa shape index (κ2) is 5.48. The lowest BCUT2D eigenvalue weighted by atomic mass is 9.85. The summed E-state index contributed by atoms with van der Waals surface area (Å²) in [6.45, 7) is 0. The van der Waals surface area contributed by atoms with Gasteiger partial charge in [-0.05, 0) is 29.9 Å².